The molecular weight excluding hydrogens is 292 g/mol. The lowest BCUT2D eigenvalue weighted by molar-refractivity contribution is 0.0661. The third-order valence-corrected chi connectivity index (χ3v) is 4.44. The number of hydrogen-bond acceptors (Lipinski definition) is 6. The Hall–Kier alpha value is -1.71. The fraction of sp³-hybridized carbons (Fsp3) is 0.200. The van der Waals surface area contributed by atoms with E-state index >= 15 is 0 Å². The molecule has 0 saturated carbocycles. The van der Waals surface area contributed by atoms with E-state index in [2.05, 4.69) is 9.71 Å². The zero-order chi connectivity index (χ0) is 14.0. The van der Waals surface area contributed by atoms with Crippen molar-refractivity contribution in [2.75, 3.05) is 0 Å². The Morgan fingerprint density at radius 3 is 2.84 bits per heavy atom. The summed E-state index contributed by atoms with van der Waals surface area (Å²) in [4.78, 5) is 14.5. The second-order valence-corrected chi connectivity index (χ2v) is 6.09. The highest BCUT2D eigenvalue weighted by Gasteiger charge is 2.23. The van der Waals surface area contributed by atoms with E-state index in [1.54, 1.807) is 10.9 Å². The van der Waals surface area contributed by atoms with Crippen LogP contribution in [0.15, 0.2) is 26.3 Å². The van der Waals surface area contributed by atoms with Crippen LogP contribution in [0.4, 0.5) is 0 Å². The molecule has 7 nitrogen and oxygen atoms in total. The van der Waals surface area contributed by atoms with Crippen molar-refractivity contribution >= 4 is 27.3 Å². The molecule has 102 valence electrons. The van der Waals surface area contributed by atoms with Crippen molar-refractivity contribution in [2.45, 2.75) is 18.4 Å². The third-order valence-electron chi connectivity index (χ3n) is 2.30. The average molecular weight is 302 g/mol. The molecule has 9 heteroatoms. The number of thiazole rings is 1. The Balaban J connectivity index is 2.22. The van der Waals surface area contributed by atoms with E-state index in [4.69, 9.17) is 9.52 Å². The maximum absolute atomic E-state index is 12.0. The second kappa shape index (κ2) is 5.11. The fourth-order valence-corrected chi connectivity index (χ4v) is 3.14. The van der Waals surface area contributed by atoms with Crippen LogP contribution < -0.4 is 4.72 Å². The Labute approximate surface area is 113 Å². The molecule has 2 aromatic heterocycles. The summed E-state index contributed by atoms with van der Waals surface area (Å²) in [7, 11) is -3.82. The Bertz CT molecular complexity index is 688. The minimum atomic E-state index is -3.82. The molecule has 0 aliphatic carbocycles. The van der Waals surface area contributed by atoms with Crippen LogP contribution in [0.25, 0.3) is 0 Å². The van der Waals surface area contributed by atoms with Gasteiger partial charge in [-0.3, -0.25) is 0 Å². The van der Waals surface area contributed by atoms with Gasteiger partial charge >= 0.3 is 5.97 Å². The smallest absolute Gasteiger partial charge is 0.371 e. The first-order valence-corrected chi connectivity index (χ1v) is 7.53. The molecule has 0 bridgehead atoms. The van der Waals surface area contributed by atoms with Gasteiger partial charge in [-0.15, -0.1) is 11.3 Å². The topological polar surface area (TPSA) is 109 Å². The number of aromatic carboxylic acids is 1. The molecule has 0 aliphatic heterocycles. The largest absolute Gasteiger partial charge is 0.475 e. The molecule has 0 unspecified atom stereocenters. The minimum Gasteiger partial charge on any atom is -0.475 e. The first kappa shape index (κ1) is 13.7. The number of aryl methyl sites for hydroxylation is 1. The van der Waals surface area contributed by atoms with Crippen molar-refractivity contribution in [3.05, 3.63) is 34.2 Å². The van der Waals surface area contributed by atoms with E-state index in [9.17, 15) is 13.2 Å². The number of aromatic nitrogens is 1. The zero-order valence-electron chi connectivity index (χ0n) is 9.78. The van der Waals surface area contributed by atoms with Crippen molar-refractivity contribution in [1.29, 1.82) is 0 Å². The van der Waals surface area contributed by atoms with Gasteiger partial charge in [0, 0.05) is 11.4 Å². The molecular formula is C10H10N2O5S2. The number of carbonyl (C=O) groups is 1. The molecule has 0 aliphatic rings. The monoisotopic (exact) mass is 302 g/mol. The second-order valence-electron chi connectivity index (χ2n) is 3.64. The quantitative estimate of drug-likeness (QED) is 0.859. The lowest BCUT2D eigenvalue weighted by Crippen LogP contribution is -2.23. The summed E-state index contributed by atoms with van der Waals surface area (Å²) >= 11 is 1.35. The van der Waals surface area contributed by atoms with E-state index < -0.39 is 21.8 Å². The molecule has 0 aromatic carbocycles. The van der Waals surface area contributed by atoms with Crippen molar-refractivity contribution in [3.63, 3.8) is 0 Å². The standard InChI is InChI=1S/C10H10N2O5S2/c1-6-9(2-8(17-6)10(13)14)19(15,16)12-3-7-4-18-5-11-7/h2,4-5,12H,3H2,1H3,(H,13,14). The van der Waals surface area contributed by atoms with Crippen LogP contribution in [0.2, 0.25) is 0 Å². The summed E-state index contributed by atoms with van der Waals surface area (Å²) < 4.78 is 31.2. The molecule has 2 N–H and O–H groups in total. The molecule has 0 fully saturated rings. The molecule has 0 saturated heterocycles. The molecule has 2 rings (SSSR count). The number of hydrogen-bond donors (Lipinski definition) is 2. The number of nitrogens with zero attached hydrogens (tertiary/aromatic N) is 1. The number of sulfonamides is 1. The van der Waals surface area contributed by atoms with Crippen molar-refractivity contribution in [1.82, 2.24) is 9.71 Å². The molecule has 0 amide bonds. The van der Waals surface area contributed by atoms with Gasteiger partial charge in [0.05, 0.1) is 17.7 Å². The Morgan fingerprint density at radius 2 is 2.32 bits per heavy atom. The van der Waals surface area contributed by atoms with Crippen molar-refractivity contribution < 1.29 is 22.7 Å². The van der Waals surface area contributed by atoms with Gasteiger partial charge in [-0.25, -0.2) is 22.9 Å². The van der Waals surface area contributed by atoms with Gasteiger partial charge in [0.2, 0.25) is 15.8 Å². The van der Waals surface area contributed by atoms with Gasteiger partial charge in [0.25, 0.3) is 0 Å². The van der Waals surface area contributed by atoms with Crippen molar-refractivity contribution in [3.8, 4) is 0 Å². The van der Waals surface area contributed by atoms with E-state index in [0.29, 0.717) is 5.69 Å². The maximum atomic E-state index is 12.0. The summed E-state index contributed by atoms with van der Waals surface area (Å²) in [6, 6.07) is 0.987. The number of rotatable bonds is 5. The van der Waals surface area contributed by atoms with Crippen LogP contribution in [0, 0.1) is 6.92 Å². The molecule has 2 heterocycles. The molecule has 19 heavy (non-hydrogen) atoms. The number of carboxylic acids is 1. The third kappa shape index (κ3) is 3.00. The molecule has 0 spiro atoms. The first-order chi connectivity index (χ1) is 8.90. The van der Waals surface area contributed by atoms with Crippen LogP contribution in [-0.2, 0) is 16.6 Å². The molecule has 0 radical (unpaired) electrons. The van der Waals surface area contributed by atoms with Crippen LogP contribution in [0.5, 0.6) is 0 Å². The predicted octanol–water partition coefficient (Wildman–Crippen LogP) is 1.22. The van der Waals surface area contributed by atoms with Crippen LogP contribution in [-0.4, -0.2) is 24.5 Å². The highest BCUT2D eigenvalue weighted by atomic mass is 32.2. The average Bonchev–Trinajstić information content (AvgIpc) is 2.95. The van der Waals surface area contributed by atoms with Crippen LogP contribution >= 0.6 is 11.3 Å². The summed E-state index contributed by atoms with van der Waals surface area (Å²) in [6.07, 6.45) is 0. The van der Waals surface area contributed by atoms with Gasteiger partial charge in [-0.1, -0.05) is 0 Å². The van der Waals surface area contributed by atoms with Gasteiger partial charge in [0.1, 0.15) is 10.7 Å². The lowest BCUT2D eigenvalue weighted by atomic mass is 10.4. The highest BCUT2D eigenvalue weighted by molar-refractivity contribution is 7.89. The molecule has 0 atom stereocenters. The SMILES string of the molecule is Cc1oc(C(=O)O)cc1S(=O)(=O)NCc1cscn1. The minimum absolute atomic E-state index is 0.0307. The van der Waals surface area contributed by atoms with Gasteiger partial charge in [-0.2, -0.15) is 0 Å². The van der Waals surface area contributed by atoms with Crippen LogP contribution in [0.1, 0.15) is 22.0 Å². The predicted molar refractivity (Wildman–Crippen MR) is 66.5 cm³/mol. The molecule has 2 aromatic rings. The number of nitrogens with one attached hydrogen (secondary N) is 1. The normalized spacial score (nSPS) is 11.6. The van der Waals surface area contributed by atoms with E-state index in [1.165, 1.54) is 18.3 Å². The van der Waals surface area contributed by atoms with Gasteiger partial charge in [-0.05, 0) is 6.92 Å². The Morgan fingerprint density at radius 1 is 1.58 bits per heavy atom. The van der Waals surface area contributed by atoms with E-state index in [0.717, 1.165) is 6.07 Å². The fourth-order valence-electron chi connectivity index (χ4n) is 1.41. The van der Waals surface area contributed by atoms with Gasteiger partial charge < -0.3 is 9.52 Å². The number of carboxylic acid groups (broad SMARTS) is 1. The number of furan rings is 1. The summed E-state index contributed by atoms with van der Waals surface area (Å²) in [5, 5.41) is 10.5. The van der Waals surface area contributed by atoms with Crippen LogP contribution in [0.3, 0.4) is 0 Å². The summed E-state index contributed by atoms with van der Waals surface area (Å²) in [6.45, 7) is 1.43. The first-order valence-electron chi connectivity index (χ1n) is 5.10. The van der Waals surface area contributed by atoms with Crippen molar-refractivity contribution in [2.24, 2.45) is 0 Å². The Kier molecular flexibility index (Phi) is 3.69. The zero-order valence-corrected chi connectivity index (χ0v) is 11.4. The maximum Gasteiger partial charge on any atom is 0.371 e. The van der Waals surface area contributed by atoms with E-state index in [1.807, 2.05) is 0 Å². The van der Waals surface area contributed by atoms with Gasteiger partial charge in [0.15, 0.2) is 0 Å². The lowest BCUT2D eigenvalue weighted by Gasteiger charge is -2.03. The van der Waals surface area contributed by atoms with E-state index in [-0.39, 0.29) is 17.2 Å². The summed E-state index contributed by atoms with van der Waals surface area (Å²) in [5.74, 6) is -1.70. The highest BCUT2D eigenvalue weighted by Crippen LogP contribution is 2.20. The summed E-state index contributed by atoms with van der Waals surface area (Å²) in [5.41, 5.74) is 2.18.